The highest BCUT2D eigenvalue weighted by atomic mass is 32.1. The largest absolute Gasteiger partial charge is 0.319 e. The van der Waals surface area contributed by atoms with Crippen LogP contribution in [0.5, 0.6) is 0 Å². The minimum atomic E-state index is -0.396. The number of rotatable bonds is 3. The van der Waals surface area contributed by atoms with Gasteiger partial charge in [0.15, 0.2) is 0 Å². The standard InChI is InChI=1S/C13H13N3O2S/c14-13(5-2-6-13)12-15-11(8-19-12)9-3-1-4-10(7-9)16(17)18/h1,3-4,7-8H,2,5-6,14H2. The van der Waals surface area contributed by atoms with E-state index in [1.54, 1.807) is 12.1 Å². The third-order valence-electron chi connectivity index (χ3n) is 3.53. The van der Waals surface area contributed by atoms with Gasteiger partial charge in [-0.05, 0) is 19.3 Å². The van der Waals surface area contributed by atoms with Gasteiger partial charge >= 0.3 is 0 Å². The molecule has 0 spiro atoms. The highest BCUT2D eigenvalue weighted by molar-refractivity contribution is 7.10. The molecule has 1 saturated carbocycles. The molecule has 0 amide bonds. The Labute approximate surface area is 114 Å². The molecule has 0 bridgehead atoms. The number of non-ortho nitro benzene ring substituents is 1. The topological polar surface area (TPSA) is 82.0 Å². The van der Waals surface area contributed by atoms with Crippen molar-refractivity contribution in [1.82, 2.24) is 4.98 Å². The lowest BCUT2D eigenvalue weighted by molar-refractivity contribution is -0.384. The van der Waals surface area contributed by atoms with E-state index < -0.39 is 4.92 Å². The van der Waals surface area contributed by atoms with Gasteiger partial charge in [-0.25, -0.2) is 4.98 Å². The van der Waals surface area contributed by atoms with Crippen molar-refractivity contribution >= 4 is 17.0 Å². The Morgan fingerprint density at radius 3 is 2.84 bits per heavy atom. The summed E-state index contributed by atoms with van der Waals surface area (Å²) >= 11 is 1.54. The van der Waals surface area contributed by atoms with E-state index in [2.05, 4.69) is 4.98 Å². The summed E-state index contributed by atoms with van der Waals surface area (Å²) in [6.07, 6.45) is 3.08. The van der Waals surface area contributed by atoms with Crippen molar-refractivity contribution in [2.24, 2.45) is 5.73 Å². The average Bonchev–Trinajstić information content (AvgIpc) is 2.86. The summed E-state index contributed by atoms with van der Waals surface area (Å²) in [6.45, 7) is 0. The summed E-state index contributed by atoms with van der Waals surface area (Å²) in [5.74, 6) is 0. The highest BCUT2D eigenvalue weighted by Crippen LogP contribution is 2.41. The normalized spacial score (nSPS) is 16.9. The SMILES string of the molecule is NC1(c2nc(-c3cccc([N+](=O)[O-])c3)cs2)CCC1. The average molecular weight is 275 g/mol. The van der Waals surface area contributed by atoms with E-state index in [1.807, 2.05) is 11.4 Å². The fourth-order valence-electron chi connectivity index (χ4n) is 2.19. The predicted molar refractivity (Wildman–Crippen MR) is 73.9 cm³/mol. The van der Waals surface area contributed by atoms with Crippen molar-refractivity contribution in [2.45, 2.75) is 24.8 Å². The molecular formula is C13H13N3O2S. The molecule has 0 saturated heterocycles. The molecule has 2 N–H and O–H groups in total. The Bertz CT molecular complexity index is 634. The third-order valence-corrected chi connectivity index (χ3v) is 4.59. The molecular weight excluding hydrogens is 262 g/mol. The zero-order valence-electron chi connectivity index (χ0n) is 10.2. The summed E-state index contributed by atoms with van der Waals surface area (Å²) < 4.78 is 0. The van der Waals surface area contributed by atoms with Gasteiger partial charge < -0.3 is 5.73 Å². The van der Waals surface area contributed by atoms with Gasteiger partial charge in [-0.1, -0.05) is 12.1 Å². The van der Waals surface area contributed by atoms with E-state index in [0.29, 0.717) is 0 Å². The molecule has 0 radical (unpaired) electrons. The van der Waals surface area contributed by atoms with Crippen LogP contribution in [-0.4, -0.2) is 9.91 Å². The van der Waals surface area contributed by atoms with Crippen LogP contribution < -0.4 is 5.73 Å². The summed E-state index contributed by atoms with van der Waals surface area (Å²) in [5, 5.41) is 13.6. The zero-order valence-corrected chi connectivity index (χ0v) is 11.0. The quantitative estimate of drug-likeness (QED) is 0.689. The molecule has 0 atom stereocenters. The molecule has 1 heterocycles. The van der Waals surface area contributed by atoms with Gasteiger partial charge in [0, 0.05) is 23.1 Å². The van der Waals surface area contributed by atoms with E-state index in [4.69, 9.17) is 5.73 Å². The minimum absolute atomic E-state index is 0.0816. The van der Waals surface area contributed by atoms with Crippen LogP contribution in [0.25, 0.3) is 11.3 Å². The molecule has 5 nitrogen and oxygen atoms in total. The fourth-order valence-corrected chi connectivity index (χ4v) is 3.19. The van der Waals surface area contributed by atoms with Crippen LogP contribution in [0.15, 0.2) is 29.6 Å². The highest BCUT2D eigenvalue weighted by Gasteiger charge is 2.37. The van der Waals surface area contributed by atoms with E-state index in [9.17, 15) is 10.1 Å². The number of hydrogen-bond acceptors (Lipinski definition) is 5. The van der Waals surface area contributed by atoms with Crippen molar-refractivity contribution in [3.8, 4) is 11.3 Å². The van der Waals surface area contributed by atoms with Crippen molar-refractivity contribution in [2.75, 3.05) is 0 Å². The second kappa shape index (κ2) is 4.40. The smallest absolute Gasteiger partial charge is 0.270 e. The van der Waals surface area contributed by atoms with E-state index in [-0.39, 0.29) is 11.2 Å². The number of hydrogen-bond donors (Lipinski definition) is 1. The Kier molecular flexibility index (Phi) is 2.83. The monoisotopic (exact) mass is 275 g/mol. The number of nitrogens with two attached hydrogens (primary N) is 1. The number of nitrogens with zero attached hydrogens (tertiary/aromatic N) is 2. The molecule has 6 heteroatoms. The van der Waals surface area contributed by atoms with Crippen LogP contribution in [-0.2, 0) is 5.54 Å². The number of aromatic nitrogens is 1. The maximum Gasteiger partial charge on any atom is 0.270 e. The van der Waals surface area contributed by atoms with Crippen molar-refractivity contribution in [3.05, 3.63) is 44.8 Å². The number of nitro benzene ring substituents is 1. The first-order chi connectivity index (χ1) is 9.08. The Hall–Kier alpha value is -1.79. The van der Waals surface area contributed by atoms with Gasteiger partial charge in [0.1, 0.15) is 5.01 Å². The van der Waals surface area contributed by atoms with E-state index >= 15 is 0 Å². The molecule has 1 aromatic heterocycles. The Morgan fingerprint density at radius 1 is 1.42 bits per heavy atom. The van der Waals surface area contributed by atoms with Crippen LogP contribution in [0.1, 0.15) is 24.3 Å². The molecule has 1 aliphatic rings. The molecule has 1 fully saturated rings. The second-order valence-corrected chi connectivity index (χ2v) is 5.71. The molecule has 0 unspecified atom stereocenters. The van der Waals surface area contributed by atoms with Crippen LogP contribution in [0.4, 0.5) is 5.69 Å². The number of thiazole rings is 1. The summed E-state index contributed by atoms with van der Waals surface area (Å²) in [7, 11) is 0. The van der Waals surface area contributed by atoms with Gasteiger partial charge in [-0.2, -0.15) is 0 Å². The molecule has 1 aliphatic carbocycles. The Morgan fingerprint density at radius 2 is 2.21 bits per heavy atom. The van der Waals surface area contributed by atoms with E-state index in [1.165, 1.54) is 17.4 Å². The molecule has 1 aromatic carbocycles. The van der Waals surface area contributed by atoms with Crippen LogP contribution in [0.2, 0.25) is 0 Å². The number of nitro groups is 1. The molecule has 3 rings (SSSR count). The summed E-state index contributed by atoms with van der Waals surface area (Å²) in [4.78, 5) is 14.9. The van der Waals surface area contributed by atoms with Gasteiger partial charge in [0.2, 0.25) is 0 Å². The molecule has 2 aromatic rings. The van der Waals surface area contributed by atoms with Gasteiger partial charge in [-0.15, -0.1) is 11.3 Å². The maximum atomic E-state index is 10.8. The predicted octanol–water partition coefficient (Wildman–Crippen LogP) is 3.06. The first kappa shape index (κ1) is 12.3. The van der Waals surface area contributed by atoms with Crippen LogP contribution in [0.3, 0.4) is 0 Å². The van der Waals surface area contributed by atoms with E-state index in [0.717, 1.165) is 35.5 Å². The maximum absolute atomic E-state index is 10.8. The molecule has 98 valence electrons. The lowest BCUT2D eigenvalue weighted by Gasteiger charge is -2.35. The first-order valence-corrected chi connectivity index (χ1v) is 6.96. The van der Waals surface area contributed by atoms with Gasteiger partial charge in [-0.3, -0.25) is 10.1 Å². The number of benzene rings is 1. The zero-order chi connectivity index (χ0) is 13.5. The third kappa shape index (κ3) is 2.13. The Balaban J connectivity index is 1.94. The van der Waals surface area contributed by atoms with Crippen LogP contribution >= 0.6 is 11.3 Å². The fraction of sp³-hybridized carbons (Fsp3) is 0.308. The molecule has 19 heavy (non-hydrogen) atoms. The van der Waals surface area contributed by atoms with Crippen molar-refractivity contribution in [1.29, 1.82) is 0 Å². The first-order valence-electron chi connectivity index (χ1n) is 6.08. The van der Waals surface area contributed by atoms with Gasteiger partial charge in [0.25, 0.3) is 5.69 Å². The lowest BCUT2D eigenvalue weighted by atomic mass is 9.78. The van der Waals surface area contributed by atoms with Crippen molar-refractivity contribution < 1.29 is 4.92 Å². The van der Waals surface area contributed by atoms with Crippen LogP contribution in [0, 0.1) is 10.1 Å². The van der Waals surface area contributed by atoms with Crippen molar-refractivity contribution in [3.63, 3.8) is 0 Å². The minimum Gasteiger partial charge on any atom is -0.319 e. The summed E-state index contributed by atoms with van der Waals surface area (Å²) in [6, 6.07) is 6.53. The second-order valence-electron chi connectivity index (χ2n) is 4.86. The van der Waals surface area contributed by atoms with Gasteiger partial charge in [0.05, 0.1) is 16.2 Å². The lowest BCUT2D eigenvalue weighted by Crippen LogP contribution is -2.43. The molecule has 0 aliphatic heterocycles. The summed E-state index contributed by atoms with van der Waals surface area (Å²) in [5.41, 5.74) is 7.57.